The summed E-state index contributed by atoms with van der Waals surface area (Å²) in [5.41, 5.74) is 2.02. The van der Waals surface area contributed by atoms with Crippen LogP contribution in [0, 0.1) is 0 Å². The van der Waals surface area contributed by atoms with E-state index in [-0.39, 0.29) is 24.4 Å². The van der Waals surface area contributed by atoms with Crippen LogP contribution in [0.5, 0.6) is 0 Å². The van der Waals surface area contributed by atoms with Crippen LogP contribution in [0.4, 0.5) is 5.69 Å². The van der Waals surface area contributed by atoms with Crippen molar-refractivity contribution < 1.29 is 9.59 Å². The molecule has 1 N–H and O–H groups in total. The van der Waals surface area contributed by atoms with Crippen molar-refractivity contribution in [3.8, 4) is 0 Å². The highest BCUT2D eigenvalue weighted by atomic mass is 16.2. The molecular weight excluding hydrogens is 252 g/mol. The molecule has 0 bridgehead atoms. The van der Waals surface area contributed by atoms with E-state index in [0.29, 0.717) is 5.92 Å². The number of carbonyl (C=O) groups excluding carboxylic acids is 2. The van der Waals surface area contributed by atoms with Gasteiger partial charge in [-0.1, -0.05) is 26.0 Å². The van der Waals surface area contributed by atoms with Crippen LogP contribution in [0.15, 0.2) is 24.3 Å². The Morgan fingerprint density at radius 2 is 1.85 bits per heavy atom. The van der Waals surface area contributed by atoms with Crippen LogP contribution in [0.3, 0.4) is 0 Å². The normalized spacial score (nSPS) is 14.2. The molecule has 0 atom stereocenters. The molecule has 2 rings (SSSR count). The molecule has 1 aliphatic carbocycles. The molecule has 2 amide bonds. The zero-order valence-electron chi connectivity index (χ0n) is 12.3. The van der Waals surface area contributed by atoms with Crippen molar-refractivity contribution >= 4 is 17.5 Å². The third kappa shape index (κ3) is 3.83. The largest absolute Gasteiger partial charge is 0.331 e. The molecule has 0 radical (unpaired) electrons. The lowest BCUT2D eigenvalue weighted by atomic mass is 10.0. The van der Waals surface area contributed by atoms with Crippen molar-refractivity contribution in [2.45, 2.75) is 45.6 Å². The standard InChI is InChI=1S/C16H22N2O2/c1-11(2)13-4-6-14(7-5-13)17-16(20)10-18(12(3)19)15-8-9-15/h4-7,11,15H,8-10H2,1-3H3,(H,17,20). The first kappa shape index (κ1) is 14.6. The minimum absolute atomic E-state index is 0.0298. The number of anilines is 1. The Morgan fingerprint density at radius 3 is 2.30 bits per heavy atom. The molecule has 0 saturated heterocycles. The molecule has 0 heterocycles. The van der Waals surface area contributed by atoms with Gasteiger partial charge in [0.15, 0.2) is 0 Å². The molecule has 0 aliphatic heterocycles. The molecule has 4 heteroatoms. The fourth-order valence-electron chi connectivity index (χ4n) is 2.19. The number of rotatable bonds is 5. The number of hydrogen-bond acceptors (Lipinski definition) is 2. The third-order valence-electron chi connectivity index (χ3n) is 3.57. The van der Waals surface area contributed by atoms with Crippen LogP contribution in [-0.2, 0) is 9.59 Å². The summed E-state index contributed by atoms with van der Waals surface area (Å²) < 4.78 is 0. The molecule has 20 heavy (non-hydrogen) atoms. The summed E-state index contributed by atoms with van der Waals surface area (Å²) in [6.45, 7) is 5.93. The Labute approximate surface area is 120 Å². The van der Waals surface area contributed by atoms with E-state index in [1.165, 1.54) is 12.5 Å². The molecule has 0 spiro atoms. The van der Waals surface area contributed by atoms with Crippen molar-refractivity contribution in [3.63, 3.8) is 0 Å². The van der Waals surface area contributed by atoms with Gasteiger partial charge in [-0.3, -0.25) is 9.59 Å². The maximum absolute atomic E-state index is 12.0. The van der Waals surface area contributed by atoms with Crippen LogP contribution >= 0.6 is 0 Å². The van der Waals surface area contributed by atoms with Crippen molar-refractivity contribution in [1.29, 1.82) is 0 Å². The van der Waals surface area contributed by atoms with Gasteiger partial charge in [0, 0.05) is 18.7 Å². The maximum atomic E-state index is 12.0. The average Bonchev–Trinajstić information content (AvgIpc) is 3.20. The number of nitrogens with one attached hydrogen (secondary N) is 1. The SMILES string of the molecule is CC(=O)N(CC(=O)Nc1ccc(C(C)C)cc1)C1CC1. The molecule has 108 valence electrons. The Hall–Kier alpha value is -1.84. The lowest BCUT2D eigenvalue weighted by Gasteiger charge is -2.19. The summed E-state index contributed by atoms with van der Waals surface area (Å²) in [6, 6.07) is 8.11. The van der Waals surface area contributed by atoms with Crippen LogP contribution in [-0.4, -0.2) is 29.3 Å². The van der Waals surface area contributed by atoms with E-state index in [1.54, 1.807) is 4.90 Å². The van der Waals surface area contributed by atoms with Gasteiger partial charge in [-0.2, -0.15) is 0 Å². The van der Waals surface area contributed by atoms with Crippen molar-refractivity contribution in [3.05, 3.63) is 29.8 Å². The van der Waals surface area contributed by atoms with Gasteiger partial charge in [-0.05, 0) is 36.5 Å². The van der Waals surface area contributed by atoms with Gasteiger partial charge in [0.25, 0.3) is 0 Å². The average molecular weight is 274 g/mol. The van der Waals surface area contributed by atoms with E-state index >= 15 is 0 Å². The van der Waals surface area contributed by atoms with Gasteiger partial charge in [-0.15, -0.1) is 0 Å². The van der Waals surface area contributed by atoms with Crippen LogP contribution in [0.1, 0.15) is 45.1 Å². The molecule has 1 aromatic rings. The van der Waals surface area contributed by atoms with Crippen LogP contribution in [0.25, 0.3) is 0 Å². The van der Waals surface area contributed by atoms with Gasteiger partial charge in [-0.25, -0.2) is 0 Å². The summed E-state index contributed by atoms with van der Waals surface area (Å²) in [6.07, 6.45) is 2.02. The lowest BCUT2D eigenvalue weighted by Crippen LogP contribution is -2.38. The predicted molar refractivity (Wildman–Crippen MR) is 79.6 cm³/mol. The van der Waals surface area contributed by atoms with Crippen molar-refractivity contribution in [1.82, 2.24) is 4.90 Å². The number of amides is 2. The lowest BCUT2D eigenvalue weighted by molar-refractivity contribution is -0.133. The maximum Gasteiger partial charge on any atom is 0.244 e. The first-order valence-corrected chi connectivity index (χ1v) is 7.14. The summed E-state index contributed by atoms with van der Waals surface area (Å²) in [4.78, 5) is 25.1. The monoisotopic (exact) mass is 274 g/mol. The van der Waals surface area contributed by atoms with E-state index in [2.05, 4.69) is 19.2 Å². The molecule has 1 fully saturated rings. The zero-order chi connectivity index (χ0) is 14.7. The molecule has 4 nitrogen and oxygen atoms in total. The highest BCUT2D eigenvalue weighted by Gasteiger charge is 2.31. The van der Waals surface area contributed by atoms with E-state index in [9.17, 15) is 9.59 Å². The Morgan fingerprint density at radius 1 is 1.25 bits per heavy atom. The van der Waals surface area contributed by atoms with E-state index in [0.717, 1.165) is 18.5 Å². The molecule has 1 saturated carbocycles. The van der Waals surface area contributed by atoms with Gasteiger partial charge in [0.2, 0.25) is 11.8 Å². The minimum Gasteiger partial charge on any atom is -0.331 e. The molecule has 1 aliphatic rings. The van der Waals surface area contributed by atoms with Gasteiger partial charge >= 0.3 is 0 Å². The van der Waals surface area contributed by atoms with Crippen LogP contribution in [0.2, 0.25) is 0 Å². The molecule has 1 aromatic carbocycles. The smallest absolute Gasteiger partial charge is 0.244 e. The second kappa shape index (κ2) is 6.07. The van der Waals surface area contributed by atoms with E-state index in [1.807, 2.05) is 24.3 Å². The predicted octanol–water partition coefficient (Wildman–Crippen LogP) is 2.76. The topological polar surface area (TPSA) is 49.4 Å². The summed E-state index contributed by atoms with van der Waals surface area (Å²) in [7, 11) is 0. The number of benzene rings is 1. The van der Waals surface area contributed by atoms with Crippen LogP contribution < -0.4 is 5.32 Å². The fourth-order valence-corrected chi connectivity index (χ4v) is 2.19. The van der Waals surface area contributed by atoms with E-state index < -0.39 is 0 Å². The third-order valence-corrected chi connectivity index (χ3v) is 3.57. The number of hydrogen-bond donors (Lipinski definition) is 1. The van der Waals surface area contributed by atoms with Crippen molar-refractivity contribution in [2.75, 3.05) is 11.9 Å². The van der Waals surface area contributed by atoms with Gasteiger partial charge < -0.3 is 10.2 Å². The quantitative estimate of drug-likeness (QED) is 0.897. The summed E-state index contributed by atoms with van der Waals surface area (Å²) in [5.74, 6) is 0.310. The van der Waals surface area contributed by atoms with Crippen molar-refractivity contribution in [2.24, 2.45) is 0 Å². The second-order valence-electron chi connectivity index (χ2n) is 5.70. The Kier molecular flexibility index (Phi) is 4.42. The number of nitrogens with zero attached hydrogens (tertiary/aromatic N) is 1. The highest BCUT2D eigenvalue weighted by molar-refractivity contribution is 5.94. The first-order chi connectivity index (χ1) is 9.47. The zero-order valence-corrected chi connectivity index (χ0v) is 12.3. The Balaban J connectivity index is 1.91. The molecule has 0 unspecified atom stereocenters. The first-order valence-electron chi connectivity index (χ1n) is 7.14. The van der Waals surface area contributed by atoms with Gasteiger partial charge in [0.05, 0.1) is 0 Å². The minimum atomic E-state index is -0.135. The molecular formula is C16H22N2O2. The Bertz CT molecular complexity index is 490. The summed E-state index contributed by atoms with van der Waals surface area (Å²) in [5, 5.41) is 2.84. The highest BCUT2D eigenvalue weighted by Crippen LogP contribution is 2.26. The summed E-state index contributed by atoms with van der Waals surface area (Å²) >= 11 is 0. The second-order valence-corrected chi connectivity index (χ2v) is 5.70. The fraction of sp³-hybridized carbons (Fsp3) is 0.500. The van der Waals surface area contributed by atoms with E-state index in [4.69, 9.17) is 0 Å². The number of carbonyl (C=O) groups is 2. The van der Waals surface area contributed by atoms with Gasteiger partial charge in [0.1, 0.15) is 6.54 Å². The molecule has 0 aromatic heterocycles.